The zero-order chi connectivity index (χ0) is 13.8. The lowest BCUT2D eigenvalue weighted by molar-refractivity contribution is 0.102. The van der Waals surface area contributed by atoms with Gasteiger partial charge in [-0.1, -0.05) is 13.8 Å². The summed E-state index contributed by atoms with van der Waals surface area (Å²) in [6.07, 6.45) is 3.12. The summed E-state index contributed by atoms with van der Waals surface area (Å²) in [5.74, 6) is 0. The first kappa shape index (κ1) is 14.5. The topological polar surface area (TPSA) is 50.3 Å². The maximum absolute atomic E-state index is 6.04. The maximum Gasteiger partial charge on any atom is 0.0670 e. The van der Waals surface area contributed by atoms with Crippen molar-refractivity contribution >= 4 is 0 Å². The summed E-state index contributed by atoms with van der Waals surface area (Å²) in [4.78, 5) is 5.01. The molecule has 1 aromatic heterocycles. The van der Waals surface area contributed by atoms with Crippen LogP contribution < -0.4 is 5.73 Å². The SMILES string of the molecule is CCc1nn(C)cc1C(CN)N1CCN(CC)CC1. The Morgan fingerprint density at radius 3 is 2.47 bits per heavy atom. The molecule has 0 saturated carbocycles. The minimum absolute atomic E-state index is 0.322. The highest BCUT2D eigenvalue weighted by atomic mass is 15.3. The normalized spacial score (nSPS) is 19.8. The molecule has 0 bridgehead atoms. The fourth-order valence-electron chi connectivity index (χ4n) is 2.97. The van der Waals surface area contributed by atoms with Crippen LogP contribution in [0.5, 0.6) is 0 Å². The number of piperazine rings is 1. The summed E-state index contributed by atoms with van der Waals surface area (Å²) >= 11 is 0. The Balaban J connectivity index is 2.11. The highest BCUT2D eigenvalue weighted by Crippen LogP contribution is 2.24. The van der Waals surface area contributed by atoms with Gasteiger partial charge in [0.15, 0.2) is 0 Å². The smallest absolute Gasteiger partial charge is 0.0670 e. The van der Waals surface area contributed by atoms with Gasteiger partial charge in [0.2, 0.25) is 0 Å². The van der Waals surface area contributed by atoms with Crippen molar-refractivity contribution in [1.29, 1.82) is 0 Å². The molecule has 1 aliphatic heterocycles. The summed E-state index contributed by atoms with van der Waals surface area (Å²) in [5, 5.41) is 4.55. The number of aryl methyl sites for hydroxylation is 2. The highest BCUT2D eigenvalue weighted by Gasteiger charge is 2.26. The molecule has 108 valence electrons. The Hall–Kier alpha value is -0.910. The van der Waals surface area contributed by atoms with E-state index in [1.165, 1.54) is 11.3 Å². The van der Waals surface area contributed by atoms with Crippen molar-refractivity contribution in [3.63, 3.8) is 0 Å². The van der Waals surface area contributed by atoms with Crippen molar-refractivity contribution in [3.05, 3.63) is 17.5 Å². The van der Waals surface area contributed by atoms with Gasteiger partial charge in [0, 0.05) is 51.5 Å². The number of nitrogens with two attached hydrogens (primary N) is 1. The molecule has 1 atom stereocenters. The molecular weight excluding hydrogens is 238 g/mol. The van der Waals surface area contributed by atoms with Gasteiger partial charge < -0.3 is 10.6 Å². The third kappa shape index (κ3) is 3.16. The Morgan fingerprint density at radius 1 is 1.26 bits per heavy atom. The van der Waals surface area contributed by atoms with Crippen LogP contribution in [-0.2, 0) is 13.5 Å². The predicted octanol–water partition coefficient (Wildman–Crippen LogP) is 0.620. The Bertz CT molecular complexity index is 393. The zero-order valence-corrected chi connectivity index (χ0v) is 12.5. The Morgan fingerprint density at radius 2 is 1.95 bits per heavy atom. The van der Waals surface area contributed by atoms with Gasteiger partial charge in [0.1, 0.15) is 0 Å². The number of likely N-dealkylation sites (N-methyl/N-ethyl adjacent to an activating group) is 1. The second kappa shape index (κ2) is 6.50. The second-order valence-electron chi connectivity index (χ2n) is 5.28. The molecule has 2 heterocycles. The van der Waals surface area contributed by atoms with Gasteiger partial charge >= 0.3 is 0 Å². The predicted molar refractivity (Wildman–Crippen MR) is 78.1 cm³/mol. The first-order chi connectivity index (χ1) is 9.19. The molecule has 1 unspecified atom stereocenters. The lowest BCUT2D eigenvalue weighted by Gasteiger charge is -2.38. The van der Waals surface area contributed by atoms with E-state index in [-0.39, 0.29) is 0 Å². The number of hydrogen-bond acceptors (Lipinski definition) is 4. The summed E-state index contributed by atoms with van der Waals surface area (Å²) in [6.45, 7) is 10.7. The van der Waals surface area contributed by atoms with Gasteiger partial charge in [-0.15, -0.1) is 0 Å². The van der Waals surface area contributed by atoms with Crippen LogP contribution in [0.4, 0.5) is 0 Å². The van der Waals surface area contributed by atoms with Crippen LogP contribution in [0.25, 0.3) is 0 Å². The summed E-state index contributed by atoms with van der Waals surface area (Å²) in [6, 6.07) is 0.322. The molecule has 0 aliphatic carbocycles. The van der Waals surface area contributed by atoms with Crippen LogP contribution in [0.3, 0.4) is 0 Å². The van der Waals surface area contributed by atoms with Crippen molar-refractivity contribution < 1.29 is 0 Å². The summed E-state index contributed by atoms with van der Waals surface area (Å²) in [5.41, 5.74) is 8.55. The zero-order valence-electron chi connectivity index (χ0n) is 12.5. The first-order valence-electron chi connectivity index (χ1n) is 7.38. The molecule has 0 aromatic carbocycles. The summed E-state index contributed by atoms with van der Waals surface area (Å²) in [7, 11) is 1.99. The quantitative estimate of drug-likeness (QED) is 0.848. The molecule has 1 fully saturated rings. The van der Waals surface area contributed by atoms with Crippen molar-refractivity contribution in [2.75, 3.05) is 39.3 Å². The van der Waals surface area contributed by atoms with E-state index >= 15 is 0 Å². The monoisotopic (exact) mass is 265 g/mol. The van der Waals surface area contributed by atoms with Gasteiger partial charge in [-0.2, -0.15) is 5.10 Å². The van der Waals surface area contributed by atoms with Crippen LogP contribution in [0, 0.1) is 0 Å². The third-order valence-corrected chi connectivity index (χ3v) is 4.15. The van der Waals surface area contributed by atoms with E-state index in [1.54, 1.807) is 0 Å². The molecule has 5 nitrogen and oxygen atoms in total. The molecule has 5 heteroatoms. The lowest BCUT2D eigenvalue weighted by atomic mass is 10.0. The van der Waals surface area contributed by atoms with E-state index in [2.05, 4.69) is 34.9 Å². The van der Waals surface area contributed by atoms with E-state index in [1.807, 2.05) is 11.7 Å². The van der Waals surface area contributed by atoms with Crippen LogP contribution in [0.15, 0.2) is 6.20 Å². The number of hydrogen-bond donors (Lipinski definition) is 1. The molecule has 1 saturated heterocycles. The fraction of sp³-hybridized carbons (Fsp3) is 0.786. The Kier molecular flexibility index (Phi) is 4.96. The first-order valence-corrected chi connectivity index (χ1v) is 7.38. The average Bonchev–Trinajstić information content (AvgIpc) is 2.81. The van der Waals surface area contributed by atoms with E-state index in [4.69, 9.17) is 5.73 Å². The molecule has 2 N–H and O–H groups in total. The van der Waals surface area contributed by atoms with Crippen molar-refractivity contribution in [2.24, 2.45) is 12.8 Å². The number of nitrogens with zero attached hydrogens (tertiary/aromatic N) is 4. The van der Waals surface area contributed by atoms with E-state index in [0.717, 1.165) is 39.1 Å². The van der Waals surface area contributed by atoms with Crippen LogP contribution in [-0.4, -0.2) is 58.8 Å². The molecule has 1 aromatic rings. The van der Waals surface area contributed by atoms with Crippen LogP contribution in [0.2, 0.25) is 0 Å². The van der Waals surface area contributed by atoms with Crippen LogP contribution >= 0.6 is 0 Å². The number of rotatable bonds is 5. The lowest BCUT2D eigenvalue weighted by Crippen LogP contribution is -2.48. The van der Waals surface area contributed by atoms with Gasteiger partial charge in [-0.05, 0) is 13.0 Å². The molecule has 1 aliphatic rings. The standard InChI is InChI=1S/C14H27N5/c1-4-13-12(11-17(3)16-13)14(10-15)19-8-6-18(5-2)7-9-19/h11,14H,4-10,15H2,1-3H3. The maximum atomic E-state index is 6.04. The van der Waals surface area contributed by atoms with Crippen LogP contribution in [0.1, 0.15) is 31.1 Å². The minimum Gasteiger partial charge on any atom is -0.329 e. The second-order valence-corrected chi connectivity index (χ2v) is 5.28. The molecule has 0 radical (unpaired) electrons. The van der Waals surface area contributed by atoms with E-state index in [0.29, 0.717) is 12.6 Å². The fourth-order valence-corrected chi connectivity index (χ4v) is 2.97. The molecule has 0 spiro atoms. The van der Waals surface area contributed by atoms with Gasteiger partial charge in [0.25, 0.3) is 0 Å². The highest BCUT2D eigenvalue weighted by molar-refractivity contribution is 5.22. The van der Waals surface area contributed by atoms with E-state index in [9.17, 15) is 0 Å². The van der Waals surface area contributed by atoms with Gasteiger partial charge in [-0.25, -0.2) is 0 Å². The van der Waals surface area contributed by atoms with E-state index < -0.39 is 0 Å². The van der Waals surface area contributed by atoms with Crippen molar-refractivity contribution in [1.82, 2.24) is 19.6 Å². The summed E-state index contributed by atoms with van der Waals surface area (Å²) < 4.78 is 1.92. The average molecular weight is 265 g/mol. The minimum atomic E-state index is 0.322. The molecule has 2 rings (SSSR count). The molecule has 0 amide bonds. The molecular formula is C14H27N5. The van der Waals surface area contributed by atoms with Gasteiger partial charge in [0.05, 0.1) is 11.7 Å². The largest absolute Gasteiger partial charge is 0.329 e. The van der Waals surface area contributed by atoms with Crippen molar-refractivity contribution in [3.8, 4) is 0 Å². The van der Waals surface area contributed by atoms with Crippen molar-refractivity contribution in [2.45, 2.75) is 26.3 Å². The third-order valence-electron chi connectivity index (χ3n) is 4.15. The number of aromatic nitrogens is 2. The molecule has 19 heavy (non-hydrogen) atoms. The van der Waals surface area contributed by atoms with Gasteiger partial charge in [-0.3, -0.25) is 9.58 Å². The Labute approximate surface area is 116 Å².